The number of hydrogen-bond acceptors (Lipinski definition) is 3. The number of para-hydroxylation sites is 1. The van der Waals surface area contributed by atoms with Gasteiger partial charge < -0.3 is 9.80 Å². The molecule has 0 bridgehead atoms. The Hall–Kier alpha value is -2.81. The number of hydrogen-bond donors (Lipinski definition) is 0. The second kappa shape index (κ2) is 7.20. The molecule has 2 aromatic rings. The summed E-state index contributed by atoms with van der Waals surface area (Å²) in [5.41, 5.74) is 7.71. The Kier molecular flexibility index (Phi) is 4.99. The van der Waals surface area contributed by atoms with Crippen molar-refractivity contribution < 1.29 is 0 Å². The fraction of sp³-hybridized carbons (Fsp3) is 0.261. The van der Waals surface area contributed by atoms with Crippen LogP contribution in [0.4, 0.5) is 5.69 Å². The lowest BCUT2D eigenvalue weighted by molar-refractivity contribution is 0.396. The van der Waals surface area contributed by atoms with Gasteiger partial charge >= 0.3 is 0 Å². The molecule has 0 atom stereocenters. The Bertz CT molecular complexity index is 877. The van der Waals surface area contributed by atoms with E-state index >= 15 is 0 Å². The highest BCUT2D eigenvalue weighted by molar-refractivity contribution is 5.96. The van der Waals surface area contributed by atoms with Crippen LogP contribution in [0.15, 0.2) is 65.8 Å². The SMILES string of the molecule is C=N/C1=C(\N(C)C(C)C)c2ccccc2CN(C(=C)C)c2ccccc21. The minimum atomic E-state index is 0.346. The van der Waals surface area contributed by atoms with E-state index in [1.807, 2.05) is 6.92 Å². The molecule has 0 amide bonds. The molecule has 3 rings (SSSR count). The Labute approximate surface area is 157 Å². The Balaban J connectivity index is 2.43. The van der Waals surface area contributed by atoms with E-state index in [1.165, 1.54) is 11.1 Å². The van der Waals surface area contributed by atoms with Crippen molar-refractivity contribution in [2.24, 2.45) is 4.99 Å². The van der Waals surface area contributed by atoms with Gasteiger partial charge in [0.05, 0.1) is 17.1 Å². The van der Waals surface area contributed by atoms with Gasteiger partial charge in [0.1, 0.15) is 0 Å². The van der Waals surface area contributed by atoms with Crippen LogP contribution >= 0.6 is 0 Å². The normalized spacial score (nSPS) is 16.4. The summed E-state index contributed by atoms with van der Waals surface area (Å²) in [5.74, 6) is 0. The predicted molar refractivity (Wildman–Crippen MR) is 113 cm³/mol. The van der Waals surface area contributed by atoms with Gasteiger partial charge in [-0.05, 0) is 39.1 Å². The first-order valence-corrected chi connectivity index (χ1v) is 9.00. The van der Waals surface area contributed by atoms with E-state index in [0.717, 1.165) is 34.9 Å². The van der Waals surface area contributed by atoms with Crippen LogP contribution in [0.5, 0.6) is 0 Å². The molecule has 1 aliphatic rings. The highest BCUT2D eigenvalue weighted by Crippen LogP contribution is 2.40. The fourth-order valence-electron chi connectivity index (χ4n) is 3.42. The molecular formula is C23H27N3. The van der Waals surface area contributed by atoms with E-state index < -0.39 is 0 Å². The van der Waals surface area contributed by atoms with E-state index in [4.69, 9.17) is 0 Å². The molecule has 0 N–H and O–H groups in total. The van der Waals surface area contributed by atoms with Gasteiger partial charge in [0.15, 0.2) is 0 Å². The first kappa shape index (κ1) is 18.0. The number of nitrogens with zero attached hydrogens (tertiary/aromatic N) is 3. The predicted octanol–water partition coefficient (Wildman–Crippen LogP) is 5.41. The number of rotatable bonds is 4. The van der Waals surface area contributed by atoms with Crippen molar-refractivity contribution in [1.82, 2.24) is 4.90 Å². The molecule has 0 saturated heterocycles. The molecule has 1 aliphatic heterocycles. The van der Waals surface area contributed by atoms with Crippen molar-refractivity contribution in [3.63, 3.8) is 0 Å². The van der Waals surface area contributed by atoms with Crippen molar-refractivity contribution in [3.8, 4) is 0 Å². The number of aliphatic imine (C=N–C) groups is 1. The van der Waals surface area contributed by atoms with E-state index in [2.05, 4.69) is 97.5 Å². The number of anilines is 1. The van der Waals surface area contributed by atoms with Crippen molar-refractivity contribution in [2.45, 2.75) is 33.4 Å². The van der Waals surface area contributed by atoms with Crippen LogP contribution < -0.4 is 4.90 Å². The van der Waals surface area contributed by atoms with Crippen molar-refractivity contribution in [1.29, 1.82) is 0 Å². The van der Waals surface area contributed by atoms with Gasteiger partial charge in [0.2, 0.25) is 0 Å². The van der Waals surface area contributed by atoms with Crippen LogP contribution in [-0.4, -0.2) is 24.7 Å². The smallest absolute Gasteiger partial charge is 0.0955 e. The zero-order valence-corrected chi connectivity index (χ0v) is 16.2. The lowest BCUT2D eigenvalue weighted by Crippen LogP contribution is -2.29. The maximum atomic E-state index is 4.50. The Morgan fingerprint density at radius 1 is 1.08 bits per heavy atom. The molecule has 3 heteroatoms. The molecule has 0 aliphatic carbocycles. The highest BCUT2D eigenvalue weighted by Gasteiger charge is 2.26. The summed E-state index contributed by atoms with van der Waals surface area (Å²) >= 11 is 0. The summed E-state index contributed by atoms with van der Waals surface area (Å²) in [6, 6.07) is 17.3. The van der Waals surface area contributed by atoms with E-state index in [-0.39, 0.29) is 0 Å². The molecule has 0 unspecified atom stereocenters. The monoisotopic (exact) mass is 345 g/mol. The van der Waals surface area contributed by atoms with E-state index in [1.54, 1.807) is 0 Å². The lowest BCUT2D eigenvalue weighted by Gasteiger charge is -2.35. The molecule has 0 spiro atoms. The average Bonchev–Trinajstić information content (AvgIpc) is 2.62. The third-order valence-corrected chi connectivity index (χ3v) is 5.02. The van der Waals surface area contributed by atoms with Crippen LogP contribution in [0.25, 0.3) is 11.4 Å². The quantitative estimate of drug-likeness (QED) is 0.690. The lowest BCUT2D eigenvalue weighted by atomic mass is 9.94. The molecular weight excluding hydrogens is 318 g/mol. The zero-order chi connectivity index (χ0) is 18.8. The minimum absolute atomic E-state index is 0.346. The molecule has 3 nitrogen and oxygen atoms in total. The maximum Gasteiger partial charge on any atom is 0.0955 e. The standard InChI is InChI=1S/C23H27N3/c1-16(2)25(6)23-19-12-8-7-11-18(19)15-26(17(3)4)21-14-10-9-13-20(21)22(23)24-5/h7-14,16H,3,5,15H2,1-2,4,6H3/b23-22-. The molecule has 1 heterocycles. The molecule has 0 saturated carbocycles. The van der Waals surface area contributed by atoms with E-state index in [9.17, 15) is 0 Å². The van der Waals surface area contributed by atoms with Crippen LogP contribution in [0, 0.1) is 0 Å². The Morgan fingerprint density at radius 3 is 2.31 bits per heavy atom. The van der Waals surface area contributed by atoms with Crippen LogP contribution in [0.3, 0.4) is 0 Å². The molecule has 26 heavy (non-hydrogen) atoms. The zero-order valence-electron chi connectivity index (χ0n) is 16.2. The third kappa shape index (κ3) is 3.05. The summed E-state index contributed by atoms with van der Waals surface area (Å²) in [6.45, 7) is 15.3. The van der Waals surface area contributed by atoms with E-state index in [0.29, 0.717) is 6.04 Å². The summed E-state index contributed by atoms with van der Waals surface area (Å²) < 4.78 is 0. The summed E-state index contributed by atoms with van der Waals surface area (Å²) in [6.07, 6.45) is 0. The molecule has 2 aromatic carbocycles. The summed E-state index contributed by atoms with van der Waals surface area (Å²) in [4.78, 5) is 9.04. The number of fused-ring (bicyclic) bond motifs is 2. The Morgan fingerprint density at radius 2 is 1.69 bits per heavy atom. The van der Waals surface area contributed by atoms with Crippen LogP contribution in [-0.2, 0) is 6.54 Å². The van der Waals surface area contributed by atoms with Gasteiger partial charge in [-0.15, -0.1) is 0 Å². The molecule has 0 radical (unpaired) electrons. The molecule has 134 valence electrons. The average molecular weight is 345 g/mol. The van der Waals surface area contributed by atoms with Gasteiger partial charge in [0.25, 0.3) is 0 Å². The van der Waals surface area contributed by atoms with Crippen LogP contribution in [0.1, 0.15) is 37.5 Å². The third-order valence-electron chi connectivity index (χ3n) is 5.02. The second-order valence-electron chi connectivity index (χ2n) is 7.06. The maximum absolute atomic E-state index is 4.50. The second-order valence-corrected chi connectivity index (χ2v) is 7.06. The molecule has 0 aromatic heterocycles. The van der Waals surface area contributed by atoms with Gasteiger partial charge in [-0.2, -0.15) is 0 Å². The van der Waals surface area contributed by atoms with Crippen molar-refractivity contribution in [2.75, 3.05) is 11.9 Å². The summed E-state index contributed by atoms with van der Waals surface area (Å²) in [7, 11) is 2.13. The number of benzene rings is 2. The summed E-state index contributed by atoms with van der Waals surface area (Å²) in [5, 5.41) is 0. The number of allylic oxidation sites excluding steroid dienone is 1. The van der Waals surface area contributed by atoms with Crippen molar-refractivity contribution >= 4 is 23.8 Å². The fourth-order valence-corrected chi connectivity index (χ4v) is 3.42. The van der Waals surface area contributed by atoms with Crippen molar-refractivity contribution in [3.05, 3.63) is 77.5 Å². The van der Waals surface area contributed by atoms with Gasteiger partial charge in [-0.3, -0.25) is 4.99 Å². The minimum Gasteiger partial charge on any atom is -0.370 e. The highest BCUT2D eigenvalue weighted by atomic mass is 15.2. The van der Waals surface area contributed by atoms with Gasteiger partial charge in [-0.25, -0.2) is 0 Å². The first-order chi connectivity index (χ1) is 12.5. The molecule has 0 fully saturated rings. The topological polar surface area (TPSA) is 18.8 Å². The first-order valence-electron chi connectivity index (χ1n) is 9.00. The largest absolute Gasteiger partial charge is 0.370 e. The van der Waals surface area contributed by atoms with Gasteiger partial charge in [0, 0.05) is 36.5 Å². The van der Waals surface area contributed by atoms with Gasteiger partial charge in [-0.1, -0.05) is 49.0 Å². The van der Waals surface area contributed by atoms with Crippen LogP contribution in [0.2, 0.25) is 0 Å².